The number of anilines is 1. The topological polar surface area (TPSA) is 102 Å². The second-order valence-corrected chi connectivity index (χ2v) is 13.9. The van der Waals surface area contributed by atoms with E-state index in [1.165, 1.54) is 0 Å². The molecule has 3 N–H and O–H groups in total. The van der Waals surface area contributed by atoms with Crippen molar-refractivity contribution in [2.24, 2.45) is 5.92 Å². The van der Waals surface area contributed by atoms with Gasteiger partial charge in [-0.15, -0.1) is 11.8 Å². The molecular weight excluding hydrogens is 683 g/mol. The van der Waals surface area contributed by atoms with Crippen LogP contribution in [-0.4, -0.2) is 28.0 Å². The summed E-state index contributed by atoms with van der Waals surface area (Å²) >= 11 is 1.68. The zero-order valence-electron chi connectivity index (χ0n) is 29.3. The number of ether oxygens (including phenoxy) is 3. The van der Waals surface area contributed by atoms with Crippen LogP contribution in [0.1, 0.15) is 41.6 Å². The lowest BCUT2D eigenvalue weighted by Gasteiger charge is -2.41. The van der Waals surface area contributed by atoms with Gasteiger partial charge in [0.1, 0.15) is 11.5 Å². The lowest BCUT2D eigenvalue weighted by atomic mass is 9.91. The Morgan fingerprint density at radius 2 is 1.49 bits per heavy atom. The monoisotopic (exact) mass is 723 g/mol. The number of aliphatic hydroxyl groups excluding tert-OH is 1. The van der Waals surface area contributed by atoms with E-state index in [0.29, 0.717) is 18.0 Å². The number of benzene rings is 5. The van der Waals surface area contributed by atoms with Crippen molar-refractivity contribution >= 4 is 23.5 Å². The van der Waals surface area contributed by atoms with Crippen molar-refractivity contribution in [1.82, 2.24) is 10.3 Å². The Morgan fingerprint density at radius 1 is 0.755 bits per heavy atom. The summed E-state index contributed by atoms with van der Waals surface area (Å²) in [6.45, 7) is 2.53. The highest BCUT2D eigenvalue weighted by atomic mass is 32.2. The molecule has 1 aliphatic heterocycles. The number of carbonyl (C=O) groups is 1. The largest absolute Gasteiger partial charge is 0.457 e. The summed E-state index contributed by atoms with van der Waals surface area (Å²) in [4.78, 5) is 17.2. The van der Waals surface area contributed by atoms with Crippen LogP contribution >= 0.6 is 11.8 Å². The summed E-state index contributed by atoms with van der Waals surface area (Å²) in [6, 6.07) is 46.8. The first-order valence-electron chi connectivity index (χ1n) is 17.6. The van der Waals surface area contributed by atoms with E-state index in [2.05, 4.69) is 58.9 Å². The van der Waals surface area contributed by atoms with E-state index in [9.17, 15) is 9.90 Å². The fourth-order valence-electron chi connectivity index (χ4n) is 6.19. The molecule has 0 aliphatic carbocycles. The second kappa shape index (κ2) is 17.4. The van der Waals surface area contributed by atoms with Crippen LogP contribution in [0.5, 0.6) is 11.5 Å². The Labute approximate surface area is 314 Å². The van der Waals surface area contributed by atoms with Crippen LogP contribution in [0.4, 0.5) is 10.5 Å². The Kier molecular flexibility index (Phi) is 11.8. The van der Waals surface area contributed by atoms with E-state index in [0.717, 1.165) is 49.9 Å². The van der Waals surface area contributed by atoms with Crippen LogP contribution in [-0.2, 0) is 22.6 Å². The van der Waals surface area contributed by atoms with Gasteiger partial charge in [-0.1, -0.05) is 97.9 Å². The molecule has 1 saturated heterocycles. The van der Waals surface area contributed by atoms with Gasteiger partial charge in [-0.25, -0.2) is 9.78 Å². The number of rotatable bonds is 12. The molecule has 268 valence electrons. The van der Waals surface area contributed by atoms with Gasteiger partial charge in [-0.05, 0) is 82.4 Å². The number of nitrogens with zero attached hydrogens (tertiary/aromatic N) is 1. The number of carbonyl (C=O) groups excluding carboxylic acids is 1. The zero-order chi connectivity index (χ0) is 36.4. The van der Waals surface area contributed by atoms with E-state index in [-0.39, 0.29) is 30.8 Å². The maximum atomic E-state index is 12.7. The van der Waals surface area contributed by atoms with Crippen molar-refractivity contribution < 1.29 is 24.1 Å². The van der Waals surface area contributed by atoms with E-state index in [1.54, 1.807) is 18.0 Å². The van der Waals surface area contributed by atoms with Crippen molar-refractivity contribution in [3.8, 4) is 22.6 Å². The van der Waals surface area contributed by atoms with E-state index in [4.69, 9.17) is 14.2 Å². The standard InChI is InChI=1S/C44H41N3O5S/c1-30-40(29-53-41-12-5-6-25-45-41)51-43(52-42(30)34-15-13-31(28-48)14-16-34)35-19-17-33(18-20-35)36-9-7-8-32(26-36)27-46-44(49)47-37-21-23-39(24-22-37)50-38-10-3-2-4-11-38/h2-26,30,40,42-43,48H,27-29H2,1H3,(H2,46,47,49)/t30-,40+,42+,43+/m0/s1. The molecule has 7 rings (SSSR count). The molecule has 9 heteroatoms. The molecule has 0 spiro atoms. The Morgan fingerprint density at radius 3 is 2.23 bits per heavy atom. The molecular formula is C44H41N3O5S. The van der Waals surface area contributed by atoms with Gasteiger partial charge in [-0.3, -0.25) is 0 Å². The summed E-state index contributed by atoms with van der Waals surface area (Å²) in [6.07, 6.45) is 0.973. The van der Waals surface area contributed by atoms with E-state index in [1.807, 2.05) is 109 Å². The highest BCUT2D eigenvalue weighted by molar-refractivity contribution is 7.99. The van der Waals surface area contributed by atoms with E-state index >= 15 is 0 Å². The molecule has 0 unspecified atom stereocenters. The lowest BCUT2D eigenvalue weighted by molar-refractivity contribution is -0.268. The number of aliphatic hydroxyl groups is 1. The third kappa shape index (κ3) is 9.51. The molecule has 0 bridgehead atoms. The fourth-order valence-corrected chi connectivity index (χ4v) is 7.22. The number of hydrogen-bond donors (Lipinski definition) is 3. The summed E-state index contributed by atoms with van der Waals surface area (Å²) in [5, 5.41) is 16.4. The number of urea groups is 1. The third-order valence-electron chi connectivity index (χ3n) is 9.14. The smallest absolute Gasteiger partial charge is 0.319 e. The Bertz CT molecular complexity index is 2060. The predicted molar refractivity (Wildman–Crippen MR) is 209 cm³/mol. The zero-order valence-corrected chi connectivity index (χ0v) is 30.1. The summed E-state index contributed by atoms with van der Waals surface area (Å²) in [5.74, 6) is 2.26. The average molecular weight is 724 g/mol. The van der Waals surface area contributed by atoms with Crippen molar-refractivity contribution in [3.63, 3.8) is 0 Å². The van der Waals surface area contributed by atoms with Crippen molar-refractivity contribution in [3.05, 3.63) is 174 Å². The van der Waals surface area contributed by atoms with E-state index < -0.39 is 6.29 Å². The maximum Gasteiger partial charge on any atom is 0.319 e. The van der Waals surface area contributed by atoms with Crippen molar-refractivity contribution in [2.45, 2.75) is 43.6 Å². The normalized spacial score (nSPS) is 18.2. The van der Waals surface area contributed by atoms with Crippen LogP contribution in [0.3, 0.4) is 0 Å². The van der Waals surface area contributed by atoms with Crippen LogP contribution in [0.15, 0.2) is 157 Å². The molecule has 8 nitrogen and oxygen atoms in total. The molecule has 2 heterocycles. The molecule has 2 amide bonds. The highest BCUT2D eigenvalue weighted by Gasteiger charge is 2.38. The first kappa shape index (κ1) is 35.9. The lowest BCUT2D eigenvalue weighted by Crippen LogP contribution is -2.38. The molecule has 1 aromatic heterocycles. The summed E-state index contributed by atoms with van der Waals surface area (Å²) in [5.41, 5.74) is 6.57. The summed E-state index contributed by atoms with van der Waals surface area (Å²) in [7, 11) is 0. The van der Waals surface area contributed by atoms with Gasteiger partial charge in [0, 0.05) is 35.7 Å². The molecule has 1 aliphatic rings. The van der Waals surface area contributed by atoms with Crippen LogP contribution in [0, 0.1) is 5.92 Å². The van der Waals surface area contributed by atoms with Gasteiger partial charge in [0.2, 0.25) is 0 Å². The van der Waals surface area contributed by atoms with Crippen LogP contribution < -0.4 is 15.4 Å². The second-order valence-electron chi connectivity index (χ2n) is 12.9. The number of aromatic nitrogens is 1. The average Bonchev–Trinajstić information content (AvgIpc) is 3.21. The van der Waals surface area contributed by atoms with Gasteiger partial charge < -0.3 is 30.0 Å². The minimum atomic E-state index is -0.557. The predicted octanol–water partition coefficient (Wildman–Crippen LogP) is 9.94. The maximum absolute atomic E-state index is 12.7. The minimum Gasteiger partial charge on any atom is -0.457 e. The number of pyridine rings is 1. The van der Waals surface area contributed by atoms with Gasteiger partial charge in [0.15, 0.2) is 6.29 Å². The highest BCUT2D eigenvalue weighted by Crippen LogP contribution is 2.43. The summed E-state index contributed by atoms with van der Waals surface area (Å²) < 4.78 is 19.1. The number of nitrogens with one attached hydrogen (secondary N) is 2. The SMILES string of the molecule is C[C@H]1[C@@H](CSc2ccccn2)O[C@@H](c2ccc(-c3cccc(CNC(=O)Nc4ccc(Oc5ccccc5)cc4)c3)cc2)O[C@H]1c1ccc(CO)cc1. The van der Waals surface area contributed by atoms with Gasteiger partial charge >= 0.3 is 6.03 Å². The number of hydrogen-bond acceptors (Lipinski definition) is 7. The van der Waals surface area contributed by atoms with Gasteiger partial charge in [-0.2, -0.15) is 0 Å². The molecule has 53 heavy (non-hydrogen) atoms. The van der Waals surface area contributed by atoms with Crippen LogP contribution in [0.25, 0.3) is 11.1 Å². The fraction of sp³-hybridized carbons (Fsp3) is 0.182. The molecule has 5 aromatic carbocycles. The first-order valence-corrected chi connectivity index (χ1v) is 18.6. The van der Waals surface area contributed by atoms with Gasteiger partial charge in [0.25, 0.3) is 0 Å². The third-order valence-corrected chi connectivity index (χ3v) is 10.2. The van der Waals surface area contributed by atoms with Crippen LogP contribution in [0.2, 0.25) is 0 Å². The molecule has 6 aromatic rings. The molecule has 0 saturated carbocycles. The number of thioether (sulfide) groups is 1. The van der Waals surface area contributed by atoms with Crippen molar-refractivity contribution in [1.29, 1.82) is 0 Å². The van der Waals surface area contributed by atoms with Crippen molar-refractivity contribution in [2.75, 3.05) is 11.1 Å². The Hall–Kier alpha value is -5.45. The molecule has 4 atom stereocenters. The van der Waals surface area contributed by atoms with Gasteiger partial charge in [0.05, 0.1) is 23.8 Å². The number of amides is 2. The molecule has 0 radical (unpaired) electrons. The first-order chi connectivity index (χ1) is 26.0. The molecule has 1 fully saturated rings. The minimum absolute atomic E-state index is 0.000850. The number of para-hydroxylation sites is 1. The Balaban J connectivity index is 0.983. The quantitative estimate of drug-likeness (QED) is 0.108.